The third-order valence-corrected chi connectivity index (χ3v) is 4.52. The number of rotatable bonds is 6. The largest absolute Gasteiger partial charge is 0.379 e. The number of aromatic nitrogens is 1. The summed E-state index contributed by atoms with van der Waals surface area (Å²) in [5, 5.41) is 3.90. The molecule has 5 nitrogen and oxygen atoms in total. The number of amides is 1. The molecule has 1 fully saturated rings. The van der Waals surface area contributed by atoms with Crippen LogP contribution in [0.25, 0.3) is 0 Å². The molecule has 116 valence electrons. The molecule has 0 atom stereocenters. The zero-order valence-corrected chi connectivity index (χ0v) is 13.5. The van der Waals surface area contributed by atoms with Crippen molar-refractivity contribution < 1.29 is 9.53 Å². The minimum absolute atomic E-state index is 0.0465. The first kappa shape index (κ1) is 16.3. The molecule has 21 heavy (non-hydrogen) atoms. The first-order chi connectivity index (χ1) is 10.1. The number of nitrogens with one attached hydrogen (secondary N) is 1. The lowest BCUT2D eigenvalue weighted by Crippen LogP contribution is -2.55. The fraction of sp³-hybridized carbons (Fsp3) is 0.600. The quantitative estimate of drug-likeness (QED) is 0.805. The lowest BCUT2D eigenvalue weighted by atomic mass is 10.0. The first-order valence-electron chi connectivity index (χ1n) is 7.21. The summed E-state index contributed by atoms with van der Waals surface area (Å²) in [6.45, 7) is 8.35. The third kappa shape index (κ3) is 5.30. The summed E-state index contributed by atoms with van der Waals surface area (Å²) in [6.07, 6.45) is 1.74. The van der Waals surface area contributed by atoms with Crippen LogP contribution in [0.15, 0.2) is 29.4 Å². The topological polar surface area (TPSA) is 54.5 Å². The first-order valence-corrected chi connectivity index (χ1v) is 8.20. The number of ether oxygens (including phenoxy) is 1. The smallest absolute Gasteiger partial charge is 0.230 e. The standard InChI is InChI=1S/C15H23N3O2S/c1-15(2,18-7-9-20-10-8-18)12-17-13(19)11-21-14-5-3-4-6-16-14/h3-6H,7-12H2,1-2H3,(H,17,19). The molecule has 0 radical (unpaired) electrons. The molecule has 1 saturated heterocycles. The second-order valence-electron chi connectivity index (χ2n) is 5.65. The van der Waals surface area contributed by atoms with Crippen molar-refractivity contribution in [1.29, 1.82) is 0 Å². The number of nitrogens with zero attached hydrogens (tertiary/aromatic N) is 2. The van der Waals surface area contributed by atoms with Gasteiger partial charge in [0.15, 0.2) is 0 Å². The molecule has 0 bridgehead atoms. The number of thioether (sulfide) groups is 1. The van der Waals surface area contributed by atoms with Gasteiger partial charge < -0.3 is 10.1 Å². The number of morpholine rings is 1. The van der Waals surface area contributed by atoms with E-state index in [1.807, 2.05) is 18.2 Å². The van der Waals surface area contributed by atoms with Gasteiger partial charge in [-0.2, -0.15) is 0 Å². The van der Waals surface area contributed by atoms with Crippen LogP contribution in [-0.4, -0.2) is 59.9 Å². The van der Waals surface area contributed by atoms with Crippen LogP contribution < -0.4 is 5.32 Å². The van der Waals surface area contributed by atoms with Gasteiger partial charge in [0, 0.05) is 31.4 Å². The Labute approximate surface area is 130 Å². The highest BCUT2D eigenvalue weighted by molar-refractivity contribution is 7.99. The maximum absolute atomic E-state index is 11.9. The molecule has 0 spiro atoms. The van der Waals surface area contributed by atoms with Gasteiger partial charge in [-0.1, -0.05) is 17.8 Å². The second kappa shape index (κ2) is 7.77. The summed E-state index contributed by atoms with van der Waals surface area (Å²) in [5.74, 6) is 0.447. The SMILES string of the molecule is CC(C)(CNC(=O)CSc1ccccn1)N1CCOCC1. The number of hydrogen-bond acceptors (Lipinski definition) is 5. The highest BCUT2D eigenvalue weighted by atomic mass is 32.2. The Hall–Kier alpha value is -1.11. The predicted molar refractivity (Wildman–Crippen MR) is 84.4 cm³/mol. The van der Waals surface area contributed by atoms with Crippen molar-refractivity contribution in [3.63, 3.8) is 0 Å². The van der Waals surface area contributed by atoms with Gasteiger partial charge in [0.2, 0.25) is 5.91 Å². The van der Waals surface area contributed by atoms with Crippen LogP contribution in [0.5, 0.6) is 0 Å². The molecule has 1 aromatic rings. The van der Waals surface area contributed by atoms with Crippen LogP contribution in [0.2, 0.25) is 0 Å². The highest BCUT2D eigenvalue weighted by Gasteiger charge is 2.28. The number of carbonyl (C=O) groups excluding carboxylic acids is 1. The van der Waals surface area contributed by atoms with Crippen molar-refractivity contribution >= 4 is 17.7 Å². The average molecular weight is 309 g/mol. The Kier molecular flexibility index (Phi) is 6.02. The maximum atomic E-state index is 11.9. The van der Waals surface area contributed by atoms with Gasteiger partial charge in [-0.3, -0.25) is 9.69 Å². The second-order valence-corrected chi connectivity index (χ2v) is 6.64. The molecule has 2 heterocycles. The molecule has 1 aliphatic rings. The molecule has 2 rings (SSSR count). The van der Waals surface area contributed by atoms with Crippen LogP contribution in [0.4, 0.5) is 0 Å². The van der Waals surface area contributed by atoms with Crippen LogP contribution in [0, 0.1) is 0 Å². The maximum Gasteiger partial charge on any atom is 0.230 e. The molecule has 0 saturated carbocycles. The van der Waals surface area contributed by atoms with Crippen LogP contribution >= 0.6 is 11.8 Å². The van der Waals surface area contributed by atoms with Gasteiger partial charge >= 0.3 is 0 Å². The minimum atomic E-state index is -0.0465. The summed E-state index contributed by atoms with van der Waals surface area (Å²) in [4.78, 5) is 18.5. The summed E-state index contributed by atoms with van der Waals surface area (Å²) in [6, 6.07) is 5.71. The van der Waals surface area contributed by atoms with Crippen molar-refractivity contribution in [3.8, 4) is 0 Å². The normalized spacial score (nSPS) is 16.7. The van der Waals surface area contributed by atoms with Gasteiger partial charge in [0.05, 0.1) is 24.0 Å². The minimum Gasteiger partial charge on any atom is -0.379 e. The predicted octanol–water partition coefficient (Wildman–Crippen LogP) is 1.40. The van der Waals surface area contributed by atoms with E-state index in [0.29, 0.717) is 12.3 Å². The Morgan fingerprint density at radius 1 is 1.43 bits per heavy atom. The molecular weight excluding hydrogens is 286 g/mol. The summed E-state index contributed by atoms with van der Waals surface area (Å²) >= 11 is 1.46. The van der Waals surface area contributed by atoms with E-state index in [-0.39, 0.29) is 11.4 Å². The molecule has 1 N–H and O–H groups in total. The molecule has 0 aromatic carbocycles. The average Bonchev–Trinajstić information content (AvgIpc) is 2.53. The van der Waals surface area contributed by atoms with Crippen LogP contribution in [0.3, 0.4) is 0 Å². The van der Waals surface area contributed by atoms with Gasteiger partial charge in [-0.25, -0.2) is 4.98 Å². The van der Waals surface area contributed by atoms with E-state index < -0.39 is 0 Å². The molecular formula is C15H23N3O2S. The monoisotopic (exact) mass is 309 g/mol. The van der Waals surface area contributed by atoms with Gasteiger partial charge in [-0.15, -0.1) is 0 Å². The number of carbonyl (C=O) groups is 1. The summed E-state index contributed by atoms with van der Waals surface area (Å²) in [5.41, 5.74) is -0.0465. The lowest BCUT2D eigenvalue weighted by molar-refractivity contribution is -0.119. The Morgan fingerprint density at radius 3 is 2.86 bits per heavy atom. The van der Waals surface area contributed by atoms with Crippen LogP contribution in [0.1, 0.15) is 13.8 Å². The van der Waals surface area contributed by atoms with Gasteiger partial charge in [-0.05, 0) is 26.0 Å². The zero-order chi connectivity index (χ0) is 15.1. The fourth-order valence-electron chi connectivity index (χ4n) is 2.22. The van der Waals surface area contributed by atoms with E-state index in [1.54, 1.807) is 6.20 Å². The van der Waals surface area contributed by atoms with Gasteiger partial charge in [0.25, 0.3) is 0 Å². The fourth-order valence-corrected chi connectivity index (χ4v) is 2.91. The van der Waals surface area contributed by atoms with Gasteiger partial charge in [0.1, 0.15) is 0 Å². The third-order valence-electron chi connectivity index (χ3n) is 3.57. The lowest BCUT2D eigenvalue weighted by Gasteiger charge is -2.40. The molecule has 0 aliphatic carbocycles. The molecule has 1 aliphatic heterocycles. The summed E-state index contributed by atoms with van der Waals surface area (Å²) in [7, 11) is 0. The van der Waals surface area contributed by atoms with Crippen molar-refractivity contribution in [2.75, 3.05) is 38.6 Å². The van der Waals surface area contributed by atoms with Crippen molar-refractivity contribution in [3.05, 3.63) is 24.4 Å². The van der Waals surface area contributed by atoms with Crippen molar-refractivity contribution in [2.24, 2.45) is 0 Å². The Balaban J connectivity index is 1.72. The highest BCUT2D eigenvalue weighted by Crippen LogP contribution is 2.16. The molecule has 1 aromatic heterocycles. The van der Waals surface area contributed by atoms with E-state index in [2.05, 4.69) is 29.0 Å². The van der Waals surface area contributed by atoms with E-state index in [4.69, 9.17) is 4.74 Å². The van der Waals surface area contributed by atoms with Crippen LogP contribution in [-0.2, 0) is 9.53 Å². The zero-order valence-electron chi connectivity index (χ0n) is 12.7. The van der Waals surface area contributed by atoms with E-state index in [9.17, 15) is 4.79 Å². The van der Waals surface area contributed by atoms with E-state index in [0.717, 1.165) is 31.3 Å². The molecule has 0 unspecified atom stereocenters. The Morgan fingerprint density at radius 2 is 2.19 bits per heavy atom. The number of pyridine rings is 1. The van der Waals surface area contributed by atoms with E-state index >= 15 is 0 Å². The van der Waals surface area contributed by atoms with Crippen molar-refractivity contribution in [2.45, 2.75) is 24.4 Å². The molecule has 1 amide bonds. The van der Waals surface area contributed by atoms with Crippen molar-refractivity contribution in [1.82, 2.24) is 15.2 Å². The summed E-state index contributed by atoms with van der Waals surface area (Å²) < 4.78 is 5.37. The molecule has 6 heteroatoms. The van der Waals surface area contributed by atoms with E-state index in [1.165, 1.54) is 11.8 Å². The number of hydrogen-bond donors (Lipinski definition) is 1. The Bertz CT molecular complexity index is 447.